The molecule has 0 aromatic heterocycles. The van der Waals surface area contributed by atoms with Crippen LogP contribution in [-0.2, 0) is 10.0 Å². The number of sulfonamides is 1. The molecule has 1 aromatic carbocycles. The molecule has 0 amide bonds. The first-order chi connectivity index (χ1) is 7.68. The van der Waals surface area contributed by atoms with E-state index in [1.807, 2.05) is 0 Å². The highest BCUT2D eigenvalue weighted by molar-refractivity contribution is 9.10. The molecule has 1 aromatic rings. The SMILES string of the molecule is CC(C)(CCl)NS(=O)(=O)c1ccc(Br)cc1F. The van der Waals surface area contributed by atoms with Crippen LogP contribution in [0.5, 0.6) is 0 Å². The molecule has 0 heterocycles. The maximum Gasteiger partial charge on any atom is 0.244 e. The van der Waals surface area contributed by atoms with Crippen LogP contribution in [-0.4, -0.2) is 19.8 Å². The van der Waals surface area contributed by atoms with Gasteiger partial charge in [-0.25, -0.2) is 17.5 Å². The largest absolute Gasteiger partial charge is 0.244 e. The van der Waals surface area contributed by atoms with Crippen molar-refractivity contribution in [2.45, 2.75) is 24.3 Å². The van der Waals surface area contributed by atoms with Gasteiger partial charge in [-0.1, -0.05) is 15.9 Å². The van der Waals surface area contributed by atoms with E-state index in [0.29, 0.717) is 4.47 Å². The minimum Gasteiger partial charge on any atom is -0.207 e. The molecular formula is C10H12BrClFNO2S. The second-order valence-corrected chi connectivity index (χ2v) is 7.03. The predicted molar refractivity (Wildman–Crippen MR) is 69.2 cm³/mol. The zero-order valence-corrected chi connectivity index (χ0v) is 12.5. The van der Waals surface area contributed by atoms with Gasteiger partial charge in [-0.2, -0.15) is 0 Å². The molecular weight excluding hydrogens is 333 g/mol. The molecule has 0 bridgehead atoms. The Bertz CT molecular complexity index is 519. The van der Waals surface area contributed by atoms with Crippen molar-refractivity contribution in [2.75, 3.05) is 5.88 Å². The molecule has 0 saturated heterocycles. The van der Waals surface area contributed by atoms with Crippen LogP contribution in [0.3, 0.4) is 0 Å². The van der Waals surface area contributed by atoms with Crippen LogP contribution in [0.4, 0.5) is 4.39 Å². The van der Waals surface area contributed by atoms with Crippen LogP contribution >= 0.6 is 27.5 Å². The van der Waals surface area contributed by atoms with Crippen LogP contribution in [0, 0.1) is 5.82 Å². The van der Waals surface area contributed by atoms with Crippen LogP contribution in [0.1, 0.15) is 13.8 Å². The van der Waals surface area contributed by atoms with Gasteiger partial charge in [0.25, 0.3) is 0 Å². The fraction of sp³-hybridized carbons (Fsp3) is 0.400. The second-order valence-electron chi connectivity index (χ2n) is 4.20. The molecule has 96 valence electrons. The maximum absolute atomic E-state index is 13.5. The third-order valence-corrected chi connectivity index (χ3v) is 4.82. The zero-order valence-electron chi connectivity index (χ0n) is 9.30. The van der Waals surface area contributed by atoms with E-state index in [2.05, 4.69) is 20.7 Å². The van der Waals surface area contributed by atoms with Crippen LogP contribution < -0.4 is 4.72 Å². The minimum atomic E-state index is -3.91. The molecule has 17 heavy (non-hydrogen) atoms. The Kier molecular flexibility index (Phi) is 4.57. The highest BCUT2D eigenvalue weighted by atomic mass is 79.9. The van der Waals surface area contributed by atoms with Crippen molar-refractivity contribution in [3.05, 3.63) is 28.5 Å². The van der Waals surface area contributed by atoms with Gasteiger partial charge in [-0.05, 0) is 32.0 Å². The Morgan fingerprint density at radius 1 is 1.47 bits per heavy atom. The number of hydrogen-bond acceptors (Lipinski definition) is 2. The van der Waals surface area contributed by atoms with E-state index in [9.17, 15) is 12.8 Å². The van der Waals surface area contributed by atoms with Crippen LogP contribution in [0.25, 0.3) is 0 Å². The fourth-order valence-corrected chi connectivity index (χ4v) is 3.09. The standard InChI is InChI=1S/C10H12BrClFNO2S/c1-10(2,6-12)14-17(15,16)9-4-3-7(11)5-8(9)13/h3-5,14H,6H2,1-2H3. The van der Waals surface area contributed by atoms with Crippen molar-refractivity contribution in [1.29, 1.82) is 0 Å². The smallest absolute Gasteiger partial charge is 0.207 e. The van der Waals surface area contributed by atoms with Gasteiger partial charge >= 0.3 is 0 Å². The van der Waals surface area contributed by atoms with E-state index < -0.39 is 21.4 Å². The lowest BCUT2D eigenvalue weighted by atomic mass is 10.1. The molecule has 0 aliphatic heterocycles. The van der Waals surface area contributed by atoms with E-state index in [1.54, 1.807) is 13.8 Å². The lowest BCUT2D eigenvalue weighted by molar-refractivity contribution is 0.490. The Morgan fingerprint density at radius 3 is 2.53 bits per heavy atom. The topological polar surface area (TPSA) is 46.2 Å². The predicted octanol–water partition coefficient (Wildman–Crippen LogP) is 2.88. The van der Waals surface area contributed by atoms with Crippen molar-refractivity contribution in [1.82, 2.24) is 4.72 Å². The maximum atomic E-state index is 13.5. The van der Waals surface area contributed by atoms with Gasteiger partial charge < -0.3 is 0 Å². The summed E-state index contributed by atoms with van der Waals surface area (Å²) in [6.07, 6.45) is 0. The van der Waals surface area contributed by atoms with E-state index in [1.165, 1.54) is 12.1 Å². The molecule has 0 atom stereocenters. The van der Waals surface area contributed by atoms with Crippen molar-refractivity contribution in [3.63, 3.8) is 0 Å². The summed E-state index contributed by atoms with van der Waals surface area (Å²) in [6.45, 7) is 3.24. The van der Waals surface area contributed by atoms with Gasteiger partial charge in [0, 0.05) is 15.9 Å². The van der Waals surface area contributed by atoms with Gasteiger partial charge in [-0.15, -0.1) is 11.6 Å². The lowest BCUT2D eigenvalue weighted by Gasteiger charge is -2.23. The summed E-state index contributed by atoms with van der Waals surface area (Å²) >= 11 is 8.69. The number of rotatable bonds is 4. The molecule has 3 nitrogen and oxygen atoms in total. The molecule has 0 aliphatic rings. The molecule has 7 heteroatoms. The molecule has 0 unspecified atom stereocenters. The molecule has 0 aliphatic carbocycles. The van der Waals surface area contributed by atoms with E-state index >= 15 is 0 Å². The highest BCUT2D eigenvalue weighted by Gasteiger charge is 2.27. The van der Waals surface area contributed by atoms with E-state index in [4.69, 9.17) is 11.6 Å². The summed E-state index contributed by atoms with van der Waals surface area (Å²) in [5.74, 6) is -0.720. The summed E-state index contributed by atoms with van der Waals surface area (Å²) in [5.41, 5.74) is -0.833. The molecule has 0 radical (unpaired) electrons. The second kappa shape index (κ2) is 5.22. The molecule has 0 saturated carbocycles. The van der Waals surface area contributed by atoms with E-state index in [-0.39, 0.29) is 10.8 Å². The average molecular weight is 345 g/mol. The number of hydrogen-bond donors (Lipinski definition) is 1. The normalized spacial score (nSPS) is 12.8. The monoisotopic (exact) mass is 343 g/mol. The Morgan fingerprint density at radius 2 is 2.06 bits per heavy atom. The van der Waals surface area contributed by atoms with Crippen LogP contribution in [0.15, 0.2) is 27.6 Å². The summed E-state index contributed by atoms with van der Waals surface area (Å²) in [5, 5.41) is 0. The van der Waals surface area contributed by atoms with Gasteiger partial charge in [-0.3, -0.25) is 0 Å². The fourth-order valence-electron chi connectivity index (χ4n) is 1.14. The Hall–Kier alpha value is -0.170. The van der Waals surface area contributed by atoms with Crippen molar-refractivity contribution in [3.8, 4) is 0 Å². The van der Waals surface area contributed by atoms with Gasteiger partial charge in [0.05, 0.1) is 0 Å². The quantitative estimate of drug-likeness (QED) is 0.854. The zero-order chi connectivity index (χ0) is 13.3. The van der Waals surface area contributed by atoms with Gasteiger partial charge in [0.2, 0.25) is 10.0 Å². The first-order valence-corrected chi connectivity index (χ1v) is 7.54. The summed E-state index contributed by atoms with van der Waals surface area (Å²) < 4.78 is 40.2. The summed E-state index contributed by atoms with van der Waals surface area (Å²) in [4.78, 5) is -0.390. The summed E-state index contributed by atoms with van der Waals surface area (Å²) in [7, 11) is -3.91. The third kappa shape index (κ3) is 3.91. The highest BCUT2D eigenvalue weighted by Crippen LogP contribution is 2.21. The summed E-state index contributed by atoms with van der Waals surface area (Å²) in [6, 6.07) is 3.76. The number of nitrogens with one attached hydrogen (secondary N) is 1. The van der Waals surface area contributed by atoms with Crippen molar-refractivity contribution < 1.29 is 12.8 Å². The Labute approximate surface area is 114 Å². The molecule has 0 fully saturated rings. The molecule has 1 rings (SSSR count). The minimum absolute atomic E-state index is 0.0877. The lowest BCUT2D eigenvalue weighted by Crippen LogP contribution is -2.44. The number of benzene rings is 1. The van der Waals surface area contributed by atoms with Crippen LogP contribution in [0.2, 0.25) is 0 Å². The number of alkyl halides is 1. The molecule has 1 N–H and O–H groups in total. The molecule has 0 spiro atoms. The van der Waals surface area contributed by atoms with Crippen molar-refractivity contribution in [2.24, 2.45) is 0 Å². The third-order valence-electron chi connectivity index (χ3n) is 1.93. The van der Waals surface area contributed by atoms with Gasteiger partial charge in [0.15, 0.2) is 0 Å². The van der Waals surface area contributed by atoms with E-state index in [0.717, 1.165) is 6.07 Å². The van der Waals surface area contributed by atoms with Gasteiger partial charge in [0.1, 0.15) is 10.7 Å². The average Bonchev–Trinajstić information content (AvgIpc) is 2.15. The first-order valence-electron chi connectivity index (χ1n) is 4.73. The van der Waals surface area contributed by atoms with Crippen molar-refractivity contribution >= 4 is 37.6 Å². The number of halogens is 3. The first kappa shape index (κ1) is 14.9. The Balaban J connectivity index is 3.14.